The van der Waals surface area contributed by atoms with E-state index in [9.17, 15) is 24.5 Å². The summed E-state index contributed by atoms with van der Waals surface area (Å²) in [7, 11) is 0. The molecule has 0 atom stereocenters. The van der Waals surface area contributed by atoms with Gasteiger partial charge in [-0.25, -0.2) is 4.79 Å². The number of hydrogen-bond acceptors (Lipinski definition) is 7. The smallest absolute Gasteiger partial charge is 0.331 e. The first-order valence-electron chi connectivity index (χ1n) is 9.78. The summed E-state index contributed by atoms with van der Waals surface area (Å²) in [6, 6.07) is 15.1. The molecule has 2 aromatic carbocycles. The van der Waals surface area contributed by atoms with Crippen LogP contribution in [0, 0.1) is 10.1 Å². The van der Waals surface area contributed by atoms with Gasteiger partial charge in [0.05, 0.1) is 17.7 Å². The number of furan rings is 1. The predicted octanol–water partition coefficient (Wildman–Crippen LogP) is 3.43. The fourth-order valence-corrected chi connectivity index (χ4v) is 3.10. The Morgan fingerprint density at radius 1 is 1.03 bits per heavy atom. The van der Waals surface area contributed by atoms with Crippen molar-refractivity contribution in [1.29, 1.82) is 0 Å². The van der Waals surface area contributed by atoms with Crippen LogP contribution in [-0.4, -0.2) is 27.7 Å². The van der Waals surface area contributed by atoms with Crippen molar-refractivity contribution in [3.8, 4) is 5.75 Å². The van der Waals surface area contributed by atoms with Crippen molar-refractivity contribution < 1.29 is 28.5 Å². The van der Waals surface area contributed by atoms with Gasteiger partial charge in [0.2, 0.25) is 0 Å². The molecule has 1 aromatic heterocycles. The minimum absolute atomic E-state index is 0.00172. The van der Waals surface area contributed by atoms with Gasteiger partial charge < -0.3 is 9.15 Å². The lowest BCUT2D eigenvalue weighted by molar-refractivity contribution is -0.384. The molecule has 33 heavy (non-hydrogen) atoms. The Hall–Kier alpha value is -4.73. The van der Waals surface area contributed by atoms with Crippen molar-refractivity contribution in [1.82, 2.24) is 10.2 Å². The van der Waals surface area contributed by atoms with Gasteiger partial charge in [0.25, 0.3) is 17.5 Å². The van der Waals surface area contributed by atoms with Crippen molar-refractivity contribution in [3.05, 3.63) is 99.5 Å². The molecule has 0 spiro atoms. The first-order chi connectivity index (χ1) is 15.9. The van der Waals surface area contributed by atoms with Crippen LogP contribution in [0.5, 0.6) is 5.75 Å². The Bertz CT molecular complexity index is 1230. The number of rotatable bonds is 7. The molecule has 166 valence electrons. The summed E-state index contributed by atoms with van der Waals surface area (Å²) in [6.45, 7) is 0.112. The van der Waals surface area contributed by atoms with Crippen molar-refractivity contribution in [2.45, 2.75) is 13.2 Å². The highest BCUT2D eigenvalue weighted by Gasteiger charge is 2.36. The zero-order valence-corrected chi connectivity index (χ0v) is 17.1. The van der Waals surface area contributed by atoms with Gasteiger partial charge in [-0.2, -0.15) is 0 Å². The van der Waals surface area contributed by atoms with Crippen LogP contribution in [0.3, 0.4) is 0 Å². The summed E-state index contributed by atoms with van der Waals surface area (Å²) in [5.41, 5.74) is 1.14. The minimum Gasteiger partial charge on any atom is -0.489 e. The number of urea groups is 1. The lowest BCUT2D eigenvalue weighted by Crippen LogP contribution is -2.53. The second-order valence-corrected chi connectivity index (χ2v) is 7.07. The molecule has 1 fully saturated rings. The summed E-state index contributed by atoms with van der Waals surface area (Å²) in [4.78, 5) is 48.2. The van der Waals surface area contributed by atoms with E-state index in [2.05, 4.69) is 5.32 Å². The molecule has 1 saturated heterocycles. The van der Waals surface area contributed by atoms with Crippen molar-refractivity contribution in [2.75, 3.05) is 0 Å². The lowest BCUT2D eigenvalue weighted by Gasteiger charge is -2.25. The van der Waals surface area contributed by atoms with E-state index in [1.807, 2.05) is 0 Å². The highest BCUT2D eigenvalue weighted by atomic mass is 16.6. The number of ether oxygens (including phenoxy) is 1. The first kappa shape index (κ1) is 21.5. The van der Waals surface area contributed by atoms with E-state index in [-0.39, 0.29) is 24.4 Å². The molecule has 4 rings (SSSR count). The minimum atomic E-state index is -0.812. The van der Waals surface area contributed by atoms with Crippen LogP contribution in [0.25, 0.3) is 6.08 Å². The molecule has 2 heterocycles. The lowest BCUT2D eigenvalue weighted by atomic mass is 10.1. The van der Waals surface area contributed by atoms with E-state index >= 15 is 0 Å². The Balaban J connectivity index is 1.43. The molecular formula is C23H17N3O7. The molecule has 3 aromatic rings. The number of amides is 4. The van der Waals surface area contributed by atoms with E-state index in [1.165, 1.54) is 24.5 Å². The van der Waals surface area contributed by atoms with Gasteiger partial charge in [-0.3, -0.25) is 29.9 Å². The van der Waals surface area contributed by atoms with Crippen molar-refractivity contribution in [2.24, 2.45) is 0 Å². The molecule has 10 heteroatoms. The topological polar surface area (TPSA) is 132 Å². The average Bonchev–Trinajstić information content (AvgIpc) is 3.32. The second-order valence-electron chi connectivity index (χ2n) is 7.07. The molecule has 10 nitrogen and oxygen atoms in total. The van der Waals surface area contributed by atoms with Gasteiger partial charge >= 0.3 is 6.03 Å². The van der Waals surface area contributed by atoms with E-state index < -0.39 is 22.8 Å². The maximum Gasteiger partial charge on any atom is 0.331 e. The van der Waals surface area contributed by atoms with E-state index in [0.717, 1.165) is 10.5 Å². The van der Waals surface area contributed by atoms with Gasteiger partial charge in [0.1, 0.15) is 23.7 Å². The van der Waals surface area contributed by atoms with E-state index in [4.69, 9.17) is 9.15 Å². The zero-order chi connectivity index (χ0) is 23.4. The Morgan fingerprint density at radius 2 is 1.76 bits per heavy atom. The van der Waals surface area contributed by atoms with Crippen molar-refractivity contribution >= 4 is 29.6 Å². The molecule has 0 unspecified atom stereocenters. The van der Waals surface area contributed by atoms with Crippen LogP contribution >= 0.6 is 0 Å². The van der Waals surface area contributed by atoms with Crippen LogP contribution < -0.4 is 10.1 Å². The highest BCUT2D eigenvalue weighted by molar-refractivity contribution is 6.30. The van der Waals surface area contributed by atoms with E-state index in [0.29, 0.717) is 17.1 Å². The third-order valence-corrected chi connectivity index (χ3v) is 4.82. The fraction of sp³-hybridized carbons (Fsp3) is 0.0870. The molecule has 0 bridgehead atoms. The van der Waals surface area contributed by atoms with Gasteiger partial charge in [-0.15, -0.1) is 0 Å². The van der Waals surface area contributed by atoms with E-state index in [1.54, 1.807) is 48.5 Å². The number of nitrogens with zero attached hydrogens (tertiary/aromatic N) is 2. The Kier molecular flexibility index (Phi) is 5.98. The summed E-state index contributed by atoms with van der Waals surface area (Å²) in [5, 5.41) is 12.9. The molecule has 0 radical (unpaired) electrons. The number of imide groups is 2. The molecule has 0 aliphatic carbocycles. The maximum absolute atomic E-state index is 12.7. The first-order valence-corrected chi connectivity index (χ1v) is 9.78. The number of nitro benzene ring substituents is 1. The molecule has 1 N–H and O–H groups in total. The normalized spacial score (nSPS) is 15.0. The monoisotopic (exact) mass is 447 g/mol. The fourth-order valence-electron chi connectivity index (χ4n) is 3.10. The van der Waals surface area contributed by atoms with Crippen LogP contribution in [0.4, 0.5) is 10.5 Å². The summed E-state index contributed by atoms with van der Waals surface area (Å²) >= 11 is 0. The largest absolute Gasteiger partial charge is 0.489 e. The molecule has 1 aliphatic rings. The van der Waals surface area contributed by atoms with Crippen LogP contribution in [0.1, 0.15) is 16.9 Å². The number of benzene rings is 2. The molecule has 0 saturated carbocycles. The number of nitro groups is 1. The standard InChI is InChI=1S/C23H17N3O7/c27-21-20(22(28)25(23(29)24-21)13-19-2-1-11-32-19)12-15-5-9-18(10-6-15)33-14-16-3-7-17(8-4-16)26(30)31/h1-12H,13-14H2,(H,24,27,29). The number of carbonyl (C=O) groups excluding carboxylic acids is 3. The number of carbonyl (C=O) groups is 3. The van der Waals surface area contributed by atoms with Gasteiger partial charge in [-0.1, -0.05) is 12.1 Å². The second kappa shape index (κ2) is 9.18. The third kappa shape index (κ3) is 4.96. The van der Waals surface area contributed by atoms with Gasteiger partial charge in [0.15, 0.2) is 0 Å². The summed E-state index contributed by atoms with van der Waals surface area (Å²) < 4.78 is 10.8. The Labute approximate surface area is 187 Å². The number of hydrogen-bond donors (Lipinski definition) is 1. The molecule has 1 aliphatic heterocycles. The molecular weight excluding hydrogens is 430 g/mol. The Morgan fingerprint density at radius 3 is 2.39 bits per heavy atom. The van der Waals surface area contributed by atoms with Crippen LogP contribution in [-0.2, 0) is 22.7 Å². The quantitative estimate of drug-likeness (QED) is 0.254. The van der Waals surface area contributed by atoms with Gasteiger partial charge in [-0.05, 0) is 53.6 Å². The predicted molar refractivity (Wildman–Crippen MR) is 115 cm³/mol. The SMILES string of the molecule is O=C1NC(=O)N(Cc2ccco2)C(=O)C1=Cc1ccc(OCc2ccc([N+](=O)[O-])cc2)cc1. The van der Waals surface area contributed by atoms with Gasteiger partial charge in [0, 0.05) is 12.1 Å². The summed E-state index contributed by atoms with van der Waals surface area (Å²) in [5.74, 6) is -0.566. The molecule has 4 amide bonds. The van der Waals surface area contributed by atoms with Crippen molar-refractivity contribution in [3.63, 3.8) is 0 Å². The number of non-ortho nitro benzene ring substituents is 1. The van der Waals surface area contributed by atoms with Crippen LogP contribution in [0.2, 0.25) is 0 Å². The third-order valence-electron chi connectivity index (χ3n) is 4.82. The maximum atomic E-state index is 12.7. The van der Waals surface area contributed by atoms with Crippen LogP contribution in [0.15, 0.2) is 76.9 Å². The average molecular weight is 447 g/mol. The summed E-state index contributed by atoms with van der Waals surface area (Å²) in [6.07, 6.45) is 2.81. The number of barbiturate groups is 1. The highest BCUT2D eigenvalue weighted by Crippen LogP contribution is 2.20. The zero-order valence-electron chi connectivity index (χ0n) is 17.1. The number of nitrogens with one attached hydrogen (secondary N) is 1.